The van der Waals surface area contributed by atoms with Crippen LogP contribution in [0.3, 0.4) is 0 Å². The van der Waals surface area contributed by atoms with Crippen molar-refractivity contribution in [2.75, 3.05) is 13.2 Å². The second-order valence-corrected chi connectivity index (χ2v) is 8.24. The first kappa shape index (κ1) is 24.6. The molecule has 0 aliphatic carbocycles. The zero-order valence-electron chi connectivity index (χ0n) is 18.9. The van der Waals surface area contributed by atoms with Crippen LogP contribution in [0.2, 0.25) is 0 Å². The number of carbonyl (C=O) groups excluding carboxylic acids is 3. The number of rotatable bonds is 11. The molecule has 1 fully saturated rings. The lowest BCUT2D eigenvalue weighted by Gasteiger charge is -2.27. The fourth-order valence-electron chi connectivity index (χ4n) is 3.56. The van der Waals surface area contributed by atoms with Gasteiger partial charge in [-0.2, -0.15) is 0 Å². The molecule has 2 aromatic carbocycles. The molecule has 0 radical (unpaired) electrons. The van der Waals surface area contributed by atoms with Gasteiger partial charge in [0.1, 0.15) is 18.8 Å². The Morgan fingerprint density at radius 3 is 2.21 bits per heavy atom. The van der Waals surface area contributed by atoms with Crippen LogP contribution in [0.25, 0.3) is 0 Å². The van der Waals surface area contributed by atoms with Gasteiger partial charge >= 0.3 is 5.97 Å². The Bertz CT molecular complexity index is 894. The summed E-state index contributed by atoms with van der Waals surface area (Å²) in [4.78, 5) is 36.7. The summed E-state index contributed by atoms with van der Waals surface area (Å²) in [6, 6.07) is 19.1. The van der Waals surface area contributed by atoms with Crippen LogP contribution in [0, 0.1) is 5.92 Å². The summed E-state index contributed by atoms with van der Waals surface area (Å²) >= 11 is 0. The Balaban J connectivity index is 1.30. The van der Waals surface area contributed by atoms with Crippen LogP contribution in [-0.2, 0) is 41.8 Å². The number of ether oxygens (including phenoxy) is 3. The zero-order valence-corrected chi connectivity index (χ0v) is 18.9. The zero-order chi connectivity index (χ0) is 23.5. The minimum absolute atomic E-state index is 0.0262. The Kier molecular flexibility index (Phi) is 9.59. The molecule has 1 amide bonds. The Labute approximate surface area is 194 Å². The molecule has 1 aliphatic rings. The number of carbonyl (C=O) groups is 3. The van der Waals surface area contributed by atoms with Gasteiger partial charge in [0.05, 0.1) is 26.2 Å². The summed E-state index contributed by atoms with van der Waals surface area (Å²) in [6.45, 7) is 2.45. The van der Waals surface area contributed by atoms with E-state index in [0.717, 1.165) is 11.1 Å². The highest BCUT2D eigenvalue weighted by molar-refractivity contribution is 5.90. The number of ketones is 1. The van der Waals surface area contributed by atoms with Crippen molar-refractivity contribution in [2.45, 2.75) is 51.6 Å². The molecular weight excluding hydrogens is 422 g/mol. The summed E-state index contributed by atoms with van der Waals surface area (Å²) < 4.78 is 16.6. The van der Waals surface area contributed by atoms with Gasteiger partial charge < -0.3 is 19.5 Å². The van der Waals surface area contributed by atoms with Gasteiger partial charge in [-0.05, 0) is 36.8 Å². The molecule has 0 aromatic heterocycles. The molecule has 0 bridgehead atoms. The van der Waals surface area contributed by atoms with Gasteiger partial charge in [0.2, 0.25) is 5.91 Å². The largest absolute Gasteiger partial charge is 0.461 e. The molecule has 33 heavy (non-hydrogen) atoms. The molecule has 3 atom stereocenters. The molecule has 2 aromatic rings. The van der Waals surface area contributed by atoms with Crippen molar-refractivity contribution >= 4 is 17.7 Å². The minimum atomic E-state index is -0.670. The van der Waals surface area contributed by atoms with Crippen LogP contribution in [0.15, 0.2) is 60.7 Å². The Morgan fingerprint density at radius 1 is 0.970 bits per heavy atom. The van der Waals surface area contributed by atoms with Gasteiger partial charge in [0.15, 0.2) is 5.78 Å². The van der Waals surface area contributed by atoms with Crippen molar-refractivity contribution in [1.29, 1.82) is 0 Å². The fourth-order valence-corrected chi connectivity index (χ4v) is 3.56. The number of benzene rings is 2. The van der Waals surface area contributed by atoms with Gasteiger partial charge in [-0.15, -0.1) is 0 Å². The van der Waals surface area contributed by atoms with Crippen molar-refractivity contribution in [3.63, 3.8) is 0 Å². The molecule has 1 heterocycles. The smallest absolute Gasteiger partial charge is 0.306 e. The number of nitrogens with one attached hydrogen (secondary N) is 1. The average Bonchev–Trinajstić information content (AvgIpc) is 2.86. The molecule has 1 aliphatic heterocycles. The number of hydrogen-bond donors (Lipinski definition) is 1. The lowest BCUT2D eigenvalue weighted by Crippen LogP contribution is -2.42. The maximum absolute atomic E-state index is 12.4. The lowest BCUT2D eigenvalue weighted by molar-refractivity contribution is -0.149. The molecule has 1 saturated heterocycles. The SMILES string of the molecule is C[C@@H](OCc1ccccc1)C(=O)NCC(=O)[C@@H]1CC[C@@H](CC(=O)OCc2ccccc2)CO1. The predicted octanol–water partition coefficient (Wildman–Crippen LogP) is 3.21. The van der Waals surface area contributed by atoms with Crippen LogP contribution in [0.5, 0.6) is 0 Å². The van der Waals surface area contributed by atoms with Gasteiger partial charge in [-0.25, -0.2) is 0 Å². The maximum atomic E-state index is 12.4. The lowest BCUT2D eigenvalue weighted by atomic mass is 9.94. The van der Waals surface area contributed by atoms with Gasteiger partial charge in [-0.3, -0.25) is 14.4 Å². The van der Waals surface area contributed by atoms with Crippen LogP contribution < -0.4 is 5.32 Å². The van der Waals surface area contributed by atoms with Crippen molar-refractivity contribution in [3.8, 4) is 0 Å². The molecule has 0 unspecified atom stereocenters. The highest BCUT2D eigenvalue weighted by Gasteiger charge is 2.29. The van der Waals surface area contributed by atoms with E-state index in [0.29, 0.717) is 26.1 Å². The highest BCUT2D eigenvalue weighted by atomic mass is 16.5. The summed E-state index contributed by atoms with van der Waals surface area (Å²) in [6.07, 6.45) is 0.243. The maximum Gasteiger partial charge on any atom is 0.306 e. The van der Waals surface area contributed by atoms with E-state index in [4.69, 9.17) is 14.2 Å². The van der Waals surface area contributed by atoms with E-state index >= 15 is 0 Å². The summed E-state index contributed by atoms with van der Waals surface area (Å²) in [7, 11) is 0. The van der Waals surface area contributed by atoms with Crippen molar-refractivity contribution in [1.82, 2.24) is 5.32 Å². The van der Waals surface area contributed by atoms with Crippen molar-refractivity contribution in [3.05, 3.63) is 71.8 Å². The summed E-state index contributed by atoms with van der Waals surface area (Å²) in [5.41, 5.74) is 1.92. The fraction of sp³-hybridized carbons (Fsp3) is 0.423. The first-order valence-corrected chi connectivity index (χ1v) is 11.3. The normalized spacial score (nSPS) is 18.8. The molecule has 0 spiro atoms. The molecule has 0 saturated carbocycles. The second kappa shape index (κ2) is 12.9. The van der Waals surface area contributed by atoms with Crippen molar-refractivity contribution in [2.24, 2.45) is 5.92 Å². The molecule has 7 nitrogen and oxygen atoms in total. The van der Waals surface area contributed by atoms with Crippen LogP contribution in [-0.4, -0.2) is 43.0 Å². The average molecular weight is 454 g/mol. The van der Waals surface area contributed by atoms with E-state index < -0.39 is 12.2 Å². The molecular formula is C26H31NO6. The van der Waals surface area contributed by atoms with E-state index in [9.17, 15) is 14.4 Å². The van der Waals surface area contributed by atoms with Crippen LogP contribution in [0.4, 0.5) is 0 Å². The molecule has 1 N–H and O–H groups in total. The van der Waals surface area contributed by atoms with E-state index in [1.165, 1.54) is 0 Å². The topological polar surface area (TPSA) is 90.9 Å². The van der Waals surface area contributed by atoms with Gasteiger partial charge in [0, 0.05) is 0 Å². The monoisotopic (exact) mass is 453 g/mol. The highest BCUT2D eigenvalue weighted by Crippen LogP contribution is 2.23. The number of Topliss-reactive ketones (excluding diaryl/α,β-unsaturated/α-hetero) is 1. The quantitative estimate of drug-likeness (QED) is 0.526. The number of amides is 1. The van der Waals surface area contributed by atoms with E-state index in [-0.39, 0.29) is 43.2 Å². The first-order chi connectivity index (χ1) is 16.0. The second-order valence-electron chi connectivity index (χ2n) is 8.24. The third-order valence-electron chi connectivity index (χ3n) is 5.58. The summed E-state index contributed by atoms with van der Waals surface area (Å²) in [5, 5.41) is 2.62. The standard InChI is InChI=1S/C26H31NO6/c1-19(31-16-20-8-4-2-5-9-20)26(30)27-15-23(28)24-13-12-22(18-32-24)14-25(29)33-17-21-10-6-3-7-11-21/h2-11,19,22,24H,12-18H2,1H3,(H,27,30)/t19-,22+,24+/m1/s1. The van der Waals surface area contributed by atoms with Gasteiger partial charge in [-0.1, -0.05) is 60.7 Å². The van der Waals surface area contributed by atoms with E-state index in [2.05, 4.69) is 5.32 Å². The Morgan fingerprint density at radius 2 is 1.61 bits per heavy atom. The van der Waals surface area contributed by atoms with Crippen LogP contribution in [0.1, 0.15) is 37.3 Å². The predicted molar refractivity (Wildman–Crippen MR) is 122 cm³/mol. The molecule has 7 heteroatoms. The third kappa shape index (κ3) is 8.44. The third-order valence-corrected chi connectivity index (χ3v) is 5.58. The van der Waals surface area contributed by atoms with E-state index in [1.54, 1.807) is 6.92 Å². The summed E-state index contributed by atoms with van der Waals surface area (Å²) in [5.74, 6) is -0.759. The van der Waals surface area contributed by atoms with Gasteiger partial charge in [0.25, 0.3) is 0 Å². The molecule has 176 valence electrons. The molecule has 3 rings (SSSR count). The number of esters is 1. The van der Waals surface area contributed by atoms with Crippen LogP contribution >= 0.6 is 0 Å². The van der Waals surface area contributed by atoms with E-state index in [1.807, 2.05) is 60.7 Å². The van der Waals surface area contributed by atoms with Crippen molar-refractivity contribution < 1.29 is 28.6 Å². The number of hydrogen-bond acceptors (Lipinski definition) is 6. The minimum Gasteiger partial charge on any atom is -0.461 e. The Hall–Kier alpha value is -3.03. The first-order valence-electron chi connectivity index (χ1n) is 11.3.